The third-order valence-corrected chi connectivity index (χ3v) is 9.47. The van der Waals surface area contributed by atoms with Crippen molar-refractivity contribution in [3.8, 4) is 44.8 Å². The molecule has 8 aromatic rings. The quantitative estimate of drug-likeness (QED) is 0.197. The molecule has 0 N–H and O–H groups in total. The van der Waals surface area contributed by atoms with Gasteiger partial charge in [-0.3, -0.25) is 4.98 Å². The fourth-order valence-electron chi connectivity index (χ4n) is 7.26. The van der Waals surface area contributed by atoms with E-state index in [2.05, 4.69) is 146 Å². The zero-order valence-electron chi connectivity index (χ0n) is 25.1. The van der Waals surface area contributed by atoms with Crippen molar-refractivity contribution < 1.29 is 0 Å². The molecule has 9 rings (SSSR count). The first kappa shape index (κ1) is 25.8. The van der Waals surface area contributed by atoms with Gasteiger partial charge in [0.25, 0.3) is 0 Å². The molecular formula is C42H29N3. The second-order valence-electron chi connectivity index (χ2n) is 12.5. The minimum atomic E-state index is -0.163. The summed E-state index contributed by atoms with van der Waals surface area (Å²) in [5.41, 5.74) is 14.6. The number of hydrogen-bond donors (Lipinski definition) is 0. The summed E-state index contributed by atoms with van der Waals surface area (Å²) in [5, 5.41) is 3.39. The molecule has 0 bridgehead atoms. The van der Waals surface area contributed by atoms with Crippen molar-refractivity contribution >= 4 is 32.7 Å². The Morgan fingerprint density at radius 3 is 2.16 bits per heavy atom. The van der Waals surface area contributed by atoms with Gasteiger partial charge in [0.2, 0.25) is 0 Å². The fraction of sp³-hybridized carbons (Fsp3) is 0.0714. The van der Waals surface area contributed by atoms with E-state index in [0.29, 0.717) is 0 Å². The average Bonchev–Trinajstić information content (AvgIpc) is 3.33. The van der Waals surface area contributed by atoms with Crippen molar-refractivity contribution in [2.45, 2.75) is 19.3 Å². The van der Waals surface area contributed by atoms with E-state index in [9.17, 15) is 0 Å². The van der Waals surface area contributed by atoms with E-state index in [1.54, 1.807) is 0 Å². The number of hydrogen-bond acceptors (Lipinski definition) is 3. The lowest BCUT2D eigenvalue weighted by Gasteiger charge is -2.25. The van der Waals surface area contributed by atoms with Crippen molar-refractivity contribution in [1.29, 1.82) is 0 Å². The lowest BCUT2D eigenvalue weighted by atomic mass is 9.78. The van der Waals surface area contributed by atoms with E-state index in [1.807, 2.05) is 12.3 Å². The Balaban J connectivity index is 1.15. The lowest BCUT2D eigenvalue weighted by molar-refractivity contribution is 0.662. The van der Waals surface area contributed by atoms with Crippen LogP contribution in [0.25, 0.3) is 77.5 Å². The van der Waals surface area contributed by atoms with Gasteiger partial charge in [-0.05, 0) is 57.6 Å². The first-order chi connectivity index (χ1) is 22.1. The molecule has 0 saturated carbocycles. The van der Waals surface area contributed by atoms with E-state index in [4.69, 9.17) is 9.97 Å². The predicted octanol–water partition coefficient (Wildman–Crippen LogP) is 10.6. The Bertz CT molecular complexity index is 2460. The molecule has 0 amide bonds. The van der Waals surface area contributed by atoms with Crippen LogP contribution >= 0.6 is 0 Å². The van der Waals surface area contributed by atoms with Gasteiger partial charge in [-0.15, -0.1) is 0 Å². The summed E-state index contributed by atoms with van der Waals surface area (Å²) in [5.74, 6) is 0. The van der Waals surface area contributed by atoms with Gasteiger partial charge < -0.3 is 0 Å². The van der Waals surface area contributed by atoms with Crippen molar-refractivity contribution in [2.75, 3.05) is 0 Å². The largest absolute Gasteiger partial charge is 0.254 e. The topological polar surface area (TPSA) is 38.7 Å². The van der Waals surface area contributed by atoms with Crippen LogP contribution in [0.1, 0.15) is 25.0 Å². The van der Waals surface area contributed by atoms with Crippen molar-refractivity contribution in [3.63, 3.8) is 0 Å². The summed E-state index contributed by atoms with van der Waals surface area (Å²) in [6, 6.07) is 47.5. The Morgan fingerprint density at radius 2 is 1.27 bits per heavy atom. The lowest BCUT2D eigenvalue weighted by Crippen LogP contribution is -2.16. The summed E-state index contributed by atoms with van der Waals surface area (Å²) < 4.78 is 0. The number of pyridine rings is 3. The molecule has 45 heavy (non-hydrogen) atoms. The van der Waals surface area contributed by atoms with Crippen LogP contribution in [0.5, 0.6) is 0 Å². The molecule has 5 aromatic carbocycles. The van der Waals surface area contributed by atoms with Crippen molar-refractivity contribution in [2.24, 2.45) is 0 Å². The number of benzene rings is 5. The third-order valence-electron chi connectivity index (χ3n) is 9.47. The van der Waals surface area contributed by atoms with Crippen LogP contribution in [-0.2, 0) is 5.41 Å². The highest BCUT2D eigenvalue weighted by Crippen LogP contribution is 2.53. The van der Waals surface area contributed by atoms with Gasteiger partial charge in [0.05, 0.1) is 27.9 Å². The predicted molar refractivity (Wildman–Crippen MR) is 186 cm³/mol. The summed E-state index contributed by atoms with van der Waals surface area (Å²) in [6.07, 6.45) is 1.84. The van der Waals surface area contributed by atoms with Crippen LogP contribution in [0.2, 0.25) is 0 Å². The van der Waals surface area contributed by atoms with E-state index in [0.717, 1.165) is 44.3 Å². The van der Waals surface area contributed by atoms with E-state index >= 15 is 0 Å². The summed E-state index contributed by atoms with van der Waals surface area (Å²) in [7, 11) is 0. The van der Waals surface area contributed by atoms with E-state index in [-0.39, 0.29) is 5.41 Å². The molecule has 1 aliphatic rings. The Hall–Kier alpha value is -5.67. The summed E-state index contributed by atoms with van der Waals surface area (Å²) in [6.45, 7) is 4.67. The van der Waals surface area contributed by atoms with Gasteiger partial charge in [-0.25, -0.2) is 9.97 Å². The van der Waals surface area contributed by atoms with Crippen LogP contribution in [0.4, 0.5) is 0 Å². The molecule has 212 valence electrons. The maximum Gasteiger partial charge on any atom is 0.0972 e. The Labute approximate surface area is 261 Å². The molecule has 3 nitrogen and oxygen atoms in total. The third kappa shape index (κ3) is 3.94. The standard InChI is InChI=1S/C42H29N3/c1-42(2)34-14-5-3-12-32(34)41-38(42)37(33-13-4-6-15-36(33)45-41)31-10-7-9-30(25-31)26-16-18-27(19-17-26)35-23-22-29-21-20-28-11-8-24-43-39(28)40(29)44-35/h3-25H,1-2H3. The second kappa shape index (κ2) is 9.67. The molecule has 0 spiro atoms. The Morgan fingerprint density at radius 1 is 0.533 bits per heavy atom. The normalized spacial score (nSPS) is 13.3. The number of rotatable bonds is 3. The average molecular weight is 576 g/mol. The highest BCUT2D eigenvalue weighted by molar-refractivity contribution is 6.04. The van der Waals surface area contributed by atoms with E-state index in [1.165, 1.54) is 44.3 Å². The molecule has 0 fully saturated rings. The SMILES string of the molecule is CC1(C)c2ccccc2-c2nc3ccccc3c(-c3cccc(-c4ccc(-c5ccc6ccc7cccnc7c6n5)cc4)c3)c21. The van der Waals surface area contributed by atoms with Gasteiger partial charge in [0.1, 0.15) is 0 Å². The molecule has 3 heteroatoms. The molecule has 3 heterocycles. The molecule has 3 aromatic heterocycles. The van der Waals surface area contributed by atoms with Gasteiger partial charge in [0, 0.05) is 38.9 Å². The van der Waals surface area contributed by atoms with Crippen molar-refractivity contribution in [1.82, 2.24) is 15.0 Å². The molecular weight excluding hydrogens is 546 g/mol. The number of nitrogens with zero attached hydrogens (tertiary/aromatic N) is 3. The first-order valence-corrected chi connectivity index (χ1v) is 15.5. The van der Waals surface area contributed by atoms with Gasteiger partial charge in [-0.2, -0.15) is 0 Å². The van der Waals surface area contributed by atoms with Crippen molar-refractivity contribution in [3.05, 3.63) is 151 Å². The minimum Gasteiger partial charge on any atom is -0.254 e. The highest BCUT2D eigenvalue weighted by Gasteiger charge is 2.39. The minimum absolute atomic E-state index is 0.163. The monoisotopic (exact) mass is 575 g/mol. The Kier molecular flexibility index (Phi) is 5.54. The van der Waals surface area contributed by atoms with Gasteiger partial charge in [-0.1, -0.05) is 123 Å². The van der Waals surface area contributed by atoms with Crippen LogP contribution in [-0.4, -0.2) is 15.0 Å². The highest BCUT2D eigenvalue weighted by atomic mass is 14.8. The second-order valence-corrected chi connectivity index (χ2v) is 12.5. The first-order valence-electron chi connectivity index (χ1n) is 15.5. The van der Waals surface area contributed by atoms with Crippen LogP contribution in [0.3, 0.4) is 0 Å². The van der Waals surface area contributed by atoms with E-state index < -0.39 is 0 Å². The molecule has 0 atom stereocenters. The molecule has 0 unspecified atom stereocenters. The van der Waals surface area contributed by atoms with Crippen LogP contribution in [0, 0.1) is 0 Å². The summed E-state index contributed by atoms with van der Waals surface area (Å²) >= 11 is 0. The molecule has 0 radical (unpaired) electrons. The maximum atomic E-state index is 5.22. The van der Waals surface area contributed by atoms with Crippen LogP contribution in [0.15, 0.2) is 140 Å². The van der Waals surface area contributed by atoms with Crippen LogP contribution < -0.4 is 0 Å². The summed E-state index contributed by atoms with van der Waals surface area (Å²) in [4.78, 5) is 14.9. The zero-order chi connectivity index (χ0) is 30.1. The maximum absolute atomic E-state index is 5.22. The van der Waals surface area contributed by atoms with Gasteiger partial charge in [0.15, 0.2) is 0 Å². The smallest absolute Gasteiger partial charge is 0.0972 e. The number of aromatic nitrogens is 3. The zero-order valence-corrected chi connectivity index (χ0v) is 25.1. The fourth-order valence-corrected chi connectivity index (χ4v) is 7.26. The number of fused-ring (bicyclic) bond motifs is 7. The number of para-hydroxylation sites is 1. The van der Waals surface area contributed by atoms with Gasteiger partial charge >= 0.3 is 0 Å². The molecule has 1 aliphatic carbocycles. The molecule has 0 aliphatic heterocycles. The molecule has 0 saturated heterocycles.